The first-order chi connectivity index (χ1) is 16.5. The summed E-state index contributed by atoms with van der Waals surface area (Å²) in [4.78, 5) is 38.1. The van der Waals surface area contributed by atoms with E-state index in [0.29, 0.717) is 34.4 Å². The summed E-state index contributed by atoms with van der Waals surface area (Å²) in [6.45, 7) is -0.494. The molecule has 172 valence electrons. The number of rotatable bonds is 5. The van der Waals surface area contributed by atoms with Gasteiger partial charge >= 0.3 is 5.97 Å². The van der Waals surface area contributed by atoms with Gasteiger partial charge in [0.25, 0.3) is 5.91 Å². The Kier molecular flexibility index (Phi) is 6.12. The Bertz CT molecular complexity index is 1290. The van der Waals surface area contributed by atoms with Crippen LogP contribution in [0.5, 0.6) is 0 Å². The summed E-state index contributed by atoms with van der Waals surface area (Å²) in [5.41, 5.74) is 2.32. The number of anilines is 1. The molecule has 0 aliphatic carbocycles. The molecule has 5 rings (SSSR count). The highest BCUT2D eigenvalue weighted by molar-refractivity contribution is 8.00. The zero-order valence-corrected chi connectivity index (χ0v) is 19.3. The fourth-order valence-corrected chi connectivity index (χ4v) is 4.66. The van der Waals surface area contributed by atoms with Crippen LogP contribution in [0.4, 0.5) is 5.69 Å². The monoisotopic (exact) mass is 495 g/mol. The lowest BCUT2D eigenvalue weighted by molar-refractivity contribution is -0.136. The van der Waals surface area contributed by atoms with Crippen LogP contribution in [-0.2, 0) is 14.3 Å². The van der Waals surface area contributed by atoms with Crippen molar-refractivity contribution in [3.8, 4) is 0 Å². The van der Waals surface area contributed by atoms with E-state index in [2.05, 4.69) is 10.4 Å². The number of carbonyl (C=O) groups excluding carboxylic acids is 3. The zero-order valence-electron chi connectivity index (χ0n) is 17.7. The lowest BCUT2D eigenvalue weighted by Gasteiger charge is -2.20. The van der Waals surface area contributed by atoms with E-state index in [1.54, 1.807) is 42.5 Å². The summed E-state index contributed by atoms with van der Waals surface area (Å²) in [5, 5.41) is 9.12. The number of fused-ring (bicyclic) bond motifs is 1. The Morgan fingerprint density at radius 3 is 2.79 bits per heavy atom. The minimum Gasteiger partial charge on any atom is -0.467 e. The van der Waals surface area contributed by atoms with Gasteiger partial charge in [-0.15, -0.1) is 11.8 Å². The molecule has 0 saturated heterocycles. The van der Waals surface area contributed by atoms with Gasteiger partial charge < -0.3 is 14.5 Å². The van der Waals surface area contributed by atoms with Crippen molar-refractivity contribution in [2.45, 2.75) is 17.4 Å². The Morgan fingerprint density at radius 1 is 1.21 bits per heavy atom. The zero-order chi connectivity index (χ0) is 23.7. The maximum absolute atomic E-state index is 13.0. The lowest BCUT2D eigenvalue weighted by atomic mass is 10.0. The number of furan rings is 1. The molecule has 10 heteroatoms. The van der Waals surface area contributed by atoms with E-state index >= 15 is 0 Å². The Hall–Kier alpha value is -3.56. The second-order valence-electron chi connectivity index (χ2n) is 7.65. The van der Waals surface area contributed by atoms with Crippen LogP contribution >= 0.6 is 23.4 Å². The van der Waals surface area contributed by atoms with Crippen molar-refractivity contribution >= 4 is 52.5 Å². The van der Waals surface area contributed by atoms with Gasteiger partial charge in [0, 0.05) is 16.3 Å². The van der Waals surface area contributed by atoms with Crippen molar-refractivity contribution in [2.24, 2.45) is 5.10 Å². The average molecular weight is 496 g/mol. The molecule has 2 aromatic carbocycles. The molecule has 0 bridgehead atoms. The number of nitrogens with one attached hydrogen (secondary N) is 1. The minimum absolute atomic E-state index is 0.134. The van der Waals surface area contributed by atoms with Crippen molar-refractivity contribution in [1.29, 1.82) is 0 Å². The first kappa shape index (κ1) is 22.2. The van der Waals surface area contributed by atoms with Gasteiger partial charge in [-0.2, -0.15) is 5.10 Å². The molecule has 1 aromatic heterocycles. The SMILES string of the molecule is O=C1CSc2ccc(C(=O)OCC(=O)N3N=C(c4ccc(Cl)cc4)C[C@H]3c3ccco3)cc2N1. The summed E-state index contributed by atoms with van der Waals surface area (Å²) in [6.07, 6.45) is 1.97. The largest absolute Gasteiger partial charge is 0.467 e. The van der Waals surface area contributed by atoms with Crippen LogP contribution in [0.3, 0.4) is 0 Å². The first-order valence-corrected chi connectivity index (χ1v) is 11.8. The number of hydrogen-bond acceptors (Lipinski definition) is 7. The number of thioether (sulfide) groups is 1. The van der Waals surface area contributed by atoms with E-state index < -0.39 is 24.5 Å². The van der Waals surface area contributed by atoms with E-state index in [4.69, 9.17) is 20.8 Å². The molecule has 0 spiro atoms. The van der Waals surface area contributed by atoms with Crippen molar-refractivity contribution in [2.75, 3.05) is 17.7 Å². The third-order valence-electron chi connectivity index (χ3n) is 5.39. The first-order valence-electron chi connectivity index (χ1n) is 10.4. The molecule has 0 fully saturated rings. The molecule has 0 radical (unpaired) electrons. The highest BCUT2D eigenvalue weighted by Crippen LogP contribution is 2.34. The van der Waals surface area contributed by atoms with Crippen molar-refractivity contribution in [1.82, 2.24) is 5.01 Å². The number of esters is 1. The second kappa shape index (κ2) is 9.36. The van der Waals surface area contributed by atoms with Crippen molar-refractivity contribution in [3.63, 3.8) is 0 Å². The highest BCUT2D eigenvalue weighted by Gasteiger charge is 2.35. The van der Waals surface area contributed by atoms with Crippen LogP contribution in [0.2, 0.25) is 5.02 Å². The fourth-order valence-electron chi connectivity index (χ4n) is 3.75. The third-order valence-corrected chi connectivity index (χ3v) is 6.72. The van der Waals surface area contributed by atoms with Crippen LogP contribution in [-0.4, -0.2) is 40.9 Å². The average Bonchev–Trinajstić information content (AvgIpc) is 3.52. The summed E-state index contributed by atoms with van der Waals surface area (Å²) in [7, 11) is 0. The topological polar surface area (TPSA) is 101 Å². The number of hydrogen-bond donors (Lipinski definition) is 1. The van der Waals surface area contributed by atoms with E-state index in [1.165, 1.54) is 23.0 Å². The van der Waals surface area contributed by atoms with E-state index in [9.17, 15) is 14.4 Å². The van der Waals surface area contributed by atoms with E-state index in [-0.39, 0.29) is 11.5 Å². The van der Waals surface area contributed by atoms with Gasteiger partial charge in [-0.05, 0) is 48.0 Å². The van der Waals surface area contributed by atoms with Gasteiger partial charge in [-0.3, -0.25) is 9.59 Å². The predicted octanol–water partition coefficient (Wildman–Crippen LogP) is 4.51. The van der Waals surface area contributed by atoms with Gasteiger partial charge in [0.2, 0.25) is 5.91 Å². The molecule has 1 N–H and O–H groups in total. The molecule has 2 aliphatic rings. The number of ether oxygens (including phenoxy) is 1. The molecule has 2 amide bonds. The summed E-state index contributed by atoms with van der Waals surface area (Å²) >= 11 is 7.38. The normalized spacial score (nSPS) is 17.1. The molecule has 1 atom stereocenters. The third kappa shape index (κ3) is 4.57. The van der Waals surface area contributed by atoms with Crippen LogP contribution in [0.1, 0.15) is 34.1 Å². The van der Waals surface area contributed by atoms with Gasteiger partial charge in [-0.1, -0.05) is 23.7 Å². The number of halogens is 1. The Labute approximate surface area is 203 Å². The van der Waals surface area contributed by atoms with Gasteiger partial charge in [-0.25, -0.2) is 9.80 Å². The molecule has 2 aliphatic heterocycles. The highest BCUT2D eigenvalue weighted by atomic mass is 35.5. The Balaban J connectivity index is 1.31. The molecule has 34 heavy (non-hydrogen) atoms. The fraction of sp³-hybridized carbons (Fsp3) is 0.167. The predicted molar refractivity (Wildman–Crippen MR) is 127 cm³/mol. The lowest BCUT2D eigenvalue weighted by Crippen LogP contribution is -2.31. The maximum atomic E-state index is 13.0. The summed E-state index contributed by atoms with van der Waals surface area (Å²) < 4.78 is 10.8. The van der Waals surface area contributed by atoms with Crippen molar-refractivity contribution < 1.29 is 23.5 Å². The number of carbonyl (C=O) groups is 3. The number of amides is 2. The molecule has 0 saturated carbocycles. The van der Waals surface area contributed by atoms with Gasteiger partial charge in [0.05, 0.1) is 29.0 Å². The van der Waals surface area contributed by atoms with Crippen LogP contribution in [0.15, 0.2) is 75.3 Å². The molecule has 3 aromatic rings. The molecular weight excluding hydrogens is 478 g/mol. The molecule has 0 unspecified atom stereocenters. The standard InChI is InChI=1S/C24H18ClN3O5S/c25-16-6-3-14(4-7-16)17-11-19(20-2-1-9-32-20)28(27-17)23(30)12-33-24(31)15-5-8-21-18(10-15)26-22(29)13-34-21/h1-10,19H,11-13H2,(H,26,29)/t19-/m0/s1. The maximum Gasteiger partial charge on any atom is 0.338 e. The van der Waals surface area contributed by atoms with Crippen LogP contribution < -0.4 is 5.32 Å². The smallest absolute Gasteiger partial charge is 0.338 e. The summed E-state index contributed by atoms with van der Waals surface area (Å²) in [5.74, 6) is -0.380. The van der Waals surface area contributed by atoms with Crippen LogP contribution in [0.25, 0.3) is 0 Å². The quantitative estimate of drug-likeness (QED) is 0.522. The molecule has 8 nitrogen and oxygen atoms in total. The molecular formula is C24H18ClN3O5S. The second-order valence-corrected chi connectivity index (χ2v) is 9.10. The van der Waals surface area contributed by atoms with E-state index in [1.807, 2.05) is 12.1 Å². The Morgan fingerprint density at radius 2 is 2.03 bits per heavy atom. The van der Waals surface area contributed by atoms with Crippen LogP contribution in [0, 0.1) is 0 Å². The number of nitrogens with zero attached hydrogens (tertiary/aromatic N) is 2. The number of hydrazone groups is 1. The minimum atomic E-state index is -0.670. The number of benzene rings is 2. The van der Waals surface area contributed by atoms with Gasteiger partial charge in [0.15, 0.2) is 6.61 Å². The summed E-state index contributed by atoms with van der Waals surface area (Å²) in [6, 6.07) is 15.1. The van der Waals surface area contributed by atoms with Gasteiger partial charge in [0.1, 0.15) is 11.8 Å². The van der Waals surface area contributed by atoms with E-state index in [0.717, 1.165) is 10.5 Å². The van der Waals surface area contributed by atoms with Crippen molar-refractivity contribution in [3.05, 3.63) is 82.8 Å². The molecule has 3 heterocycles.